The van der Waals surface area contributed by atoms with Gasteiger partial charge in [0.25, 0.3) is 5.91 Å². The van der Waals surface area contributed by atoms with Crippen molar-refractivity contribution in [2.75, 3.05) is 25.1 Å². The van der Waals surface area contributed by atoms with Gasteiger partial charge in [0.15, 0.2) is 0 Å². The number of thioether (sulfide) groups is 1. The van der Waals surface area contributed by atoms with E-state index in [1.807, 2.05) is 17.7 Å². The molecule has 0 heterocycles. The number of benzene rings is 3. The van der Waals surface area contributed by atoms with Crippen LogP contribution in [0.3, 0.4) is 0 Å². The van der Waals surface area contributed by atoms with Gasteiger partial charge in [0.2, 0.25) is 23.6 Å². The number of ether oxygens (including phenoxy) is 1. The lowest BCUT2D eigenvalue weighted by Crippen LogP contribution is -2.56. The van der Waals surface area contributed by atoms with E-state index in [1.165, 1.54) is 23.9 Å². The molecule has 3 aromatic rings. The average molecular weight is 722 g/mol. The summed E-state index contributed by atoms with van der Waals surface area (Å²) in [5, 5.41) is 22.2. The Morgan fingerprint density at radius 1 is 0.667 bits per heavy atom. The van der Waals surface area contributed by atoms with Crippen LogP contribution >= 0.6 is 11.8 Å². The summed E-state index contributed by atoms with van der Waals surface area (Å²) in [5.74, 6) is 2.59. The van der Waals surface area contributed by atoms with Gasteiger partial charge in [0.05, 0.1) is 13.1 Å². The molecule has 0 saturated carbocycles. The molecular weight excluding hydrogens is 678 g/mol. The quantitative estimate of drug-likeness (QED) is 0.0483. The fourth-order valence-corrected chi connectivity index (χ4v) is 5.17. The van der Waals surface area contributed by atoms with E-state index in [2.05, 4.69) is 26.6 Å². The molecule has 15 nitrogen and oxygen atoms in total. The number of hydrogen-bond acceptors (Lipinski definition) is 10. The molecule has 0 unspecified atom stereocenters. The van der Waals surface area contributed by atoms with E-state index >= 15 is 0 Å². The molecule has 9 N–H and O–H groups in total. The lowest BCUT2D eigenvalue weighted by Gasteiger charge is -2.23. The molecule has 0 saturated heterocycles. The summed E-state index contributed by atoms with van der Waals surface area (Å²) in [6.45, 7) is -1.08. The number of nitrogens with two attached hydrogens (primary N) is 1. The van der Waals surface area contributed by atoms with Crippen LogP contribution in [-0.2, 0) is 48.2 Å². The maximum absolute atomic E-state index is 13.3. The maximum Gasteiger partial charge on any atom is 0.408 e. The third-order valence-electron chi connectivity index (χ3n) is 7.39. The molecule has 0 aliphatic carbocycles. The molecular formula is C35H43N7O8S. The van der Waals surface area contributed by atoms with Crippen LogP contribution in [0.5, 0.6) is 5.75 Å². The van der Waals surface area contributed by atoms with Crippen LogP contribution < -0.4 is 37.9 Å². The molecule has 0 fully saturated rings. The Hall–Kier alpha value is -5.61. The van der Waals surface area contributed by atoms with E-state index in [0.29, 0.717) is 17.7 Å². The Labute approximate surface area is 299 Å². The molecule has 0 aliphatic heterocycles. The first kappa shape index (κ1) is 39.8. The fourth-order valence-electron chi connectivity index (χ4n) is 4.70. The fraction of sp³-hybridized carbons (Fsp3) is 0.314. The average Bonchev–Trinajstić information content (AvgIpc) is 3.14. The van der Waals surface area contributed by atoms with Gasteiger partial charge >= 0.3 is 6.09 Å². The molecule has 6 amide bonds. The van der Waals surface area contributed by atoms with Crippen LogP contribution in [0.25, 0.3) is 0 Å². The first-order chi connectivity index (χ1) is 24.6. The zero-order valence-corrected chi connectivity index (χ0v) is 28.9. The summed E-state index contributed by atoms with van der Waals surface area (Å²) in [5.41, 5.74) is 4.14. The second-order valence-electron chi connectivity index (χ2n) is 11.3. The number of carbonyl (C=O) groups excluding carboxylic acids is 6. The standard InChI is InChI=1S/C35H43N7O8S/c1-51-17-16-27(34(48)42-36)40-33(47)29(18-23-8-4-2-5-9-23)39-31(45)21-37-30(44)20-38-32(46)28(19-24-12-14-26(43)15-13-24)41-35(49)50-22-25-10-6-3-7-11-25/h2-15,27-29,43H,16-22,36H2,1H3,(H,37,44)(H,38,46)(H,39,45)(H,40,47)(H,41,49)(H,42,48)/t27-,28-,29-/m0/s1. The highest BCUT2D eigenvalue weighted by atomic mass is 32.2. The zero-order valence-electron chi connectivity index (χ0n) is 28.1. The molecule has 0 aromatic heterocycles. The number of amides is 6. The number of aromatic hydroxyl groups is 1. The van der Waals surface area contributed by atoms with Crippen LogP contribution in [0.1, 0.15) is 23.1 Å². The van der Waals surface area contributed by atoms with Gasteiger partial charge in [0.1, 0.15) is 30.5 Å². The molecule has 0 bridgehead atoms. The summed E-state index contributed by atoms with van der Waals surface area (Å²) in [6, 6.07) is 20.8. The SMILES string of the molecule is CSCC[C@H](NC(=O)[C@H](Cc1ccccc1)NC(=O)CNC(=O)CNC(=O)[C@H](Cc1ccc(O)cc1)NC(=O)OCc1ccccc1)C(=O)NN. The van der Waals surface area contributed by atoms with E-state index in [1.54, 1.807) is 66.7 Å². The molecule has 0 spiro atoms. The zero-order chi connectivity index (χ0) is 37.0. The van der Waals surface area contributed by atoms with Crippen molar-refractivity contribution < 1.29 is 38.6 Å². The number of phenols is 1. The summed E-state index contributed by atoms with van der Waals surface area (Å²) >= 11 is 1.49. The first-order valence-corrected chi connectivity index (χ1v) is 17.4. The highest BCUT2D eigenvalue weighted by Crippen LogP contribution is 2.12. The highest BCUT2D eigenvalue weighted by molar-refractivity contribution is 7.98. The van der Waals surface area contributed by atoms with E-state index in [0.717, 1.165) is 11.1 Å². The summed E-state index contributed by atoms with van der Waals surface area (Å²) in [4.78, 5) is 76.7. The minimum Gasteiger partial charge on any atom is -0.508 e. The third-order valence-corrected chi connectivity index (χ3v) is 8.03. The van der Waals surface area contributed by atoms with Crippen LogP contribution in [0, 0.1) is 0 Å². The van der Waals surface area contributed by atoms with Crippen molar-refractivity contribution in [3.8, 4) is 5.75 Å². The monoisotopic (exact) mass is 721 g/mol. The second-order valence-corrected chi connectivity index (χ2v) is 12.3. The highest BCUT2D eigenvalue weighted by Gasteiger charge is 2.27. The van der Waals surface area contributed by atoms with Crippen LogP contribution in [-0.4, -0.2) is 84.0 Å². The van der Waals surface area contributed by atoms with E-state index < -0.39 is 66.8 Å². The van der Waals surface area contributed by atoms with Crippen LogP contribution in [0.2, 0.25) is 0 Å². The minimum atomic E-state index is -1.15. The Morgan fingerprint density at radius 3 is 1.84 bits per heavy atom. The normalized spacial score (nSPS) is 12.3. The molecule has 3 atom stereocenters. The van der Waals surface area contributed by atoms with Gasteiger partial charge < -0.3 is 36.4 Å². The van der Waals surface area contributed by atoms with Gasteiger partial charge in [-0.15, -0.1) is 0 Å². The number of hydrogen-bond donors (Lipinski definition) is 8. The van der Waals surface area contributed by atoms with E-state index in [-0.39, 0.29) is 25.2 Å². The topological polar surface area (TPSA) is 230 Å². The van der Waals surface area contributed by atoms with Crippen molar-refractivity contribution in [1.82, 2.24) is 32.0 Å². The summed E-state index contributed by atoms with van der Waals surface area (Å²) in [7, 11) is 0. The largest absolute Gasteiger partial charge is 0.508 e. The molecule has 3 aromatic carbocycles. The van der Waals surface area contributed by atoms with Crippen molar-refractivity contribution in [2.24, 2.45) is 5.84 Å². The van der Waals surface area contributed by atoms with E-state index in [9.17, 15) is 33.9 Å². The van der Waals surface area contributed by atoms with Gasteiger partial charge in [-0.25, -0.2) is 10.6 Å². The Bertz CT molecular complexity index is 1600. The number of rotatable bonds is 19. The van der Waals surface area contributed by atoms with Gasteiger partial charge in [0, 0.05) is 12.8 Å². The lowest BCUT2D eigenvalue weighted by molar-refractivity contribution is -0.132. The Kier molecular flexibility index (Phi) is 16.8. The second kappa shape index (κ2) is 21.5. The number of alkyl carbamates (subject to hydrolysis) is 1. The number of carbonyl (C=O) groups is 6. The van der Waals surface area contributed by atoms with Crippen LogP contribution in [0.4, 0.5) is 4.79 Å². The predicted octanol–water partition coefficient (Wildman–Crippen LogP) is 0.417. The Morgan fingerprint density at radius 2 is 1.24 bits per heavy atom. The van der Waals surface area contributed by atoms with Crippen molar-refractivity contribution in [3.63, 3.8) is 0 Å². The van der Waals surface area contributed by atoms with Crippen LogP contribution in [0.15, 0.2) is 84.9 Å². The molecule has 3 rings (SSSR count). The maximum atomic E-state index is 13.3. The summed E-state index contributed by atoms with van der Waals surface area (Å²) in [6.07, 6.45) is 1.43. The van der Waals surface area contributed by atoms with Gasteiger partial charge in [-0.2, -0.15) is 11.8 Å². The molecule has 0 radical (unpaired) electrons. The van der Waals surface area contributed by atoms with Crippen molar-refractivity contribution in [2.45, 2.75) is 44.0 Å². The molecule has 51 heavy (non-hydrogen) atoms. The summed E-state index contributed by atoms with van der Waals surface area (Å²) < 4.78 is 5.25. The van der Waals surface area contributed by atoms with E-state index in [4.69, 9.17) is 10.6 Å². The first-order valence-electron chi connectivity index (χ1n) is 16.0. The van der Waals surface area contributed by atoms with Crippen molar-refractivity contribution >= 4 is 47.4 Å². The number of phenolic OH excluding ortho intramolecular Hbond substituents is 1. The third kappa shape index (κ3) is 14.8. The van der Waals surface area contributed by atoms with Gasteiger partial charge in [-0.1, -0.05) is 72.8 Å². The molecule has 272 valence electrons. The van der Waals surface area contributed by atoms with Crippen molar-refractivity contribution in [1.29, 1.82) is 0 Å². The Balaban J connectivity index is 1.57. The number of hydrazine groups is 1. The minimum absolute atomic E-state index is 0.0204. The van der Waals surface area contributed by atoms with Crippen molar-refractivity contribution in [3.05, 3.63) is 102 Å². The van der Waals surface area contributed by atoms with Gasteiger partial charge in [-0.05, 0) is 47.3 Å². The molecule has 16 heteroatoms. The molecule has 0 aliphatic rings. The smallest absolute Gasteiger partial charge is 0.408 e. The number of nitrogens with one attached hydrogen (secondary N) is 6. The van der Waals surface area contributed by atoms with Gasteiger partial charge in [-0.3, -0.25) is 29.4 Å². The lowest BCUT2D eigenvalue weighted by atomic mass is 10.0. The predicted molar refractivity (Wildman–Crippen MR) is 191 cm³/mol.